The monoisotopic (exact) mass is 727 g/mol. The number of hydrogen-bond acceptors (Lipinski definition) is 6. The van der Waals surface area contributed by atoms with Gasteiger partial charge in [0.1, 0.15) is 18.9 Å². The summed E-state index contributed by atoms with van der Waals surface area (Å²) in [7, 11) is 0. The Morgan fingerprint density at radius 2 is 1.86 bits per heavy atom. The van der Waals surface area contributed by atoms with E-state index in [0.29, 0.717) is 24.5 Å². The number of halogens is 3. The Balaban J connectivity index is 0.00000280. The van der Waals surface area contributed by atoms with Crippen LogP contribution < -0.4 is 44.3 Å². The molecule has 0 spiro atoms. The number of carbonyl (C=O) groups is 2. The van der Waals surface area contributed by atoms with E-state index in [4.69, 9.17) is 9.47 Å². The van der Waals surface area contributed by atoms with Gasteiger partial charge in [0.2, 0.25) is 0 Å². The zero-order valence-corrected chi connectivity index (χ0v) is 23.3. The summed E-state index contributed by atoms with van der Waals surface area (Å²) in [6.45, 7) is 1.04. The van der Waals surface area contributed by atoms with Gasteiger partial charge in [-0.25, -0.2) is 0 Å². The van der Waals surface area contributed by atoms with Crippen LogP contribution in [0.1, 0.15) is 11.7 Å². The van der Waals surface area contributed by atoms with Gasteiger partial charge in [0, 0.05) is 3.57 Å². The third-order valence-electron chi connectivity index (χ3n) is 3.92. The smallest absolute Gasteiger partial charge is 0.546 e. The molecule has 3 rings (SSSR count). The largest absolute Gasteiger partial charge is 1.00 e. The third-order valence-corrected chi connectivity index (χ3v) is 6.54. The van der Waals surface area contributed by atoms with E-state index in [1.165, 1.54) is 0 Å². The second kappa shape index (κ2) is 11.0. The van der Waals surface area contributed by atoms with Gasteiger partial charge in [-0.2, -0.15) is 0 Å². The predicted octanol–water partition coefficient (Wildman–Crippen LogP) is -0.262. The van der Waals surface area contributed by atoms with Crippen molar-refractivity contribution in [2.75, 3.05) is 24.6 Å². The first-order valence-corrected chi connectivity index (χ1v) is 11.1. The summed E-state index contributed by atoms with van der Waals surface area (Å²) in [5, 5.41) is 11.7. The number of esters is 1. The number of nitrogens with zero attached hydrogens (tertiary/aromatic N) is 1. The maximum atomic E-state index is 11.7. The van der Waals surface area contributed by atoms with Crippen LogP contribution in [0.3, 0.4) is 0 Å². The molecule has 2 aromatic carbocycles. The first-order valence-electron chi connectivity index (χ1n) is 7.89. The molecule has 1 heterocycles. The SMILES string of the molecule is O=C1CN(c2c(I)cc(I)c(OC(C(=O)[O-])c3ccccc3)c2I)CCO1.[Na+]. The van der Waals surface area contributed by atoms with Crippen molar-refractivity contribution in [1.29, 1.82) is 0 Å². The van der Waals surface area contributed by atoms with E-state index in [-0.39, 0.29) is 42.1 Å². The van der Waals surface area contributed by atoms with Crippen molar-refractivity contribution in [3.63, 3.8) is 0 Å². The number of anilines is 1. The standard InChI is InChI=1S/C18H14I3NO5.Na/c19-11-8-12(20)17(14(21)15(11)22-6-7-26-13(23)9-22)27-16(18(24)25)10-4-2-1-3-5-10;/h1-5,8,16H,6-7,9H2,(H,24,25);/q;+1/p-1. The molecular weight excluding hydrogens is 714 g/mol. The van der Waals surface area contributed by atoms with Gasteiger partial charge in [0.05, 0.1) is 25.3 Å². The third kappa shape index (κ3) is 5.65. The number of cyclic esters (lactones) is 1. The Kier molecular flexibility index (Phi) is 9.58. The molecule has 1 aliphatic rings. The van der Waals surface area contributed by atoms with E-state index in [0.717, 1.165) is 16.4 Å². The molecule has 1 aliphatic heterocycles. The van der Waals surface area contributed by atoms with Gasteiger partial charge in [-0.1, -0.05) is 30.3 Å². The Morgan fingerprint density at radius 3 is 2.46 bits per heavy atom. The van der Waals surface area contributed by atoms with Crippen LogP contribution in [-0.2, 0) is 14.3 Å². The second-order valence-electron chi connectivity index (χ2n) is 5.70. The molecule has 2 aromatic rings. The summed E-state index contributed by atoms with van der Waals surface area (Å²) in [5.41, 5.74) is 1.35. The molecule has 10 heteroatoms. The summed E-state index contributed by atoms with van der Waals surface area (Å²) < 4.78 is 13.4. The van der Waals surface area contributed by atoms with E-state index >= 15 is 0 Å². The number of rotatable bonds is 5. The van der Waals surface area contributed by atoms with Crippen molar-refractivity contribution in [2.45, 2.75) is 6.10 Å². The van der Waals surface area contributed by atoms with Gasteiger partial charge in [-0.05, 0) is 79.4 Å². The van der Waals surface area contributed by atoms with E-state index < -0.39 is 12.1 Å². The zero-order chi connectivity index (χ0) is 19.6. The minimum Gasteiger partial charge on any atom is -0.546 e. The Morgan fingerprint density at radius 1 is 1.18 bits per heavy atom. The molecule has 1 fully saturated rings. The molecular formula is C18H13I3NNaO5. The van der Waals surface area contributed by atoms with Crippen LogP contribution in [0.4, 0.5) is 5.69 Å². The van der Waals surface area contributed by atoms with Crippen molar-refractivity contribution in [3.05, 3.63) is 52.7 Å². The molecule has 0 radical (unpaired) electrons. The first-order chi connectivity index (χ1) is 12.9. The molecule has 6 nitrogen and oxygen atoms in total. The summed E-state index contributed by atoms with van der Waals surface area (Å²) in [5.74, 6) is -1.14. The number of carboxylic acids is 1. The number of carbonyl (C=O) groups excluding carboxylic acids is 2. The number of aliphatic carboxylic acids is 1. The van der Waals surface area contributed by atoms with Crippen LogP contribution in [0.2, 0.25) is 0 Å². The second-order valence-corrected chi connectivity index (χ2v) is 9.10. The Labute approximate surface area is 225 Å². The molecule has 142 valence electrons. The average molecular weight is 727 g/mol. The molecule has 0 amide bonds. The maximum Gasteiger partial charge on any atom is 1.00 e. The fraction of sp³-hybridized carbons (Fsp3) is 0.222. The molecule has 0 aliphatic carbocycles. The van der Waals surface area contributed by atoms with Crippen molar-refractivity contribution >= 4 is 85.4 Å². The number of morpholine rings is 1. The number of hydrogen-bond donors (Lipinski definition) is 0. The first kappa shape index (κ1) is 24.4. The summed E-state index contributed by atoms with van der Waals surface area (Å²) in [6, 6.07) is 10.6. The van der Waals surface area contributed by atoms with Gasteiger partial charge in [-0.3, -0.25) is 4.79 Å². The minimum absolute atomic E-state index is 0. The van der Waals surface area contributed by atoms with Gasteiger partial charge in [0.15, 0.2) is 6.10 Å². The Hall–Kier alpha value is 0.170. The fourth-order valence-electron chi connectivity index (χ4n) is 2.70. The van der Waals surface area contributed by atoms with Crippen LogP contribution in [0.5, 0.6) is 5.75 Å². The normalized spacial score (nSPS) is 14.7. The molecule has 0 saturated carbocycles. The fourth-order valence-corrected chi connectivity index (χ4v) is 7.01. The van der Waals surface area contributed by atoms with Gasteiger partial charge in [-0.15, -0.1) is 0 Å². The molecule has 1 saturated heterocycles. The van der Waals surface area contributed by atoms with Crippen LogP contribution >= 0.6 is 67.8 Å². The van der Waals surface area contributed by atoms with Crippen molar-refractivity contribution in [3.8, 4) is 5.75 Å². The van der Waals surface area contributed by atoms with E-state index in [9.17, 15) is 14.7 Å². The van der Waals surface area contributed by atoms with Crippen molar-refractivity contribution in [2.24, 2.45) is 0 Å². The predicted molar refractivity (Wildman–Crippen MR) is 123 cm³/mol. The van der Waals surface area contributed by atoms with E-state index in [1.54, 1.807) is 24.3 Å². The maximum absolute atomic E-state index is 11.7. The molecule has 0 N–H and O–H groups in total. The van der Waals surface area contributed by atoms with Crippen molar-refractivity contribution < 1.29 is 53.7 Å². The van der Waals surface area contributed by atoms with Crippen LogP contribution in [0.25, 0.3) is 0 Å². The molecule has 1 atom stereocenters. The molecule has 0 bridgehead atoms. The van der Waals surface area contributed by atoms with Crippen LogP contribution in [-0.4, -0.2) is 31.6 Å². The average Bonchev–Trinajstić information content (AvgIpc) is 2.62. The summed E-state index contributed by atoms with van der Waals surface area (Å²) >= 11 is 6.47. The van der Waals surface area contributed by atoms with Crippen LogP contribution in [0, 0.1) is 10.7 Å². The summed E-state index contributed by atoms with van der Waals surface area (Å²) in [4.78, 5) is 25.3. The zero-order valence-electron chi connectivity index (χ0n) is 14.8. The summed E-state index contributed by atoms with van der Waals surface area (Å²) in [6.07, 6.45) is -1.23. The van der Waals surface area contributed by atoms with Gasteiger partial charge in [0.25, 0.3) is 0 Å². The van der Waals surface area contributed by atoms with Gasteiger partial charge < -0.3 is 24.3 Å². The Bertz CT molecular complexity index is 881. The molecule has 0 aromatic heterocycles. The molecule has 1 unspecified atom stereocenters. The number of benzene rings is 2. The van der Waals surface area contributed by atoms with Crippen molar-refractivity contribution in [1.82, 2.24) is 0 Å². The topological polar surface area (TPSA) is 78.9 Å². The van der Waals surface area contributed by atoms with Gasteiger partial charge >= 0.3 is 35.5 Å². The van der Waals surface area contributed by atoms with Crippen LogP contribution in [0.15, 0.2) is 36.4 Å². The van der Waals surface area contributed by atoms with E-state index in [1.807, 2.05) is 17.0 Å². The minimum atomic E-state index is -1.31. The molecule has 28 heavy (non-hydrogen) atoms. The quantitative estimate of drug-likeness (QED) is 0.240. The number of ether oxygens (including phenoxy) is 2. The number of carboxylic acid groups (broad SMARTS) is 1. The van der Waals surface area contributed by atoms with E-state index in [2.05, 4.69) is 67.8 Å².